The molecule has 2 aliphatic rings. The molecule has 0 spiro atoms. The van der Waals surface area contributed by atoms with Gasteiger partial charge in [0.15, 0.2) is 5.78 Å². The second-order valence-electron chi connectivity index (χ2n) is 5.86. The quantitative estimate of drug-likeness (QED) is 0.424. The number of hydrogen-bond donors (Lipinski definition) is 0. The van der Waals surface area contributed by atoms with E-state index in [9.17, 15) is 9.59 Å². The van der Waals surface area contributed by atoms with Crippen LogP contribution in [0.2, 0.25) is 0 Å². The maximum absolute atomic E-state index is 12.5. The first-order valence-electron chi connectivity index (χ1n) is 7.15. The summed E-state index contributed by atoms with van der Waals surface area (Å²) in [5.41, 5.74) is 1.90. The van der Waals surface area contributed by atoms with Crippen LogP contribution in [0.15, 0.2) is 22.8 Å². The van der Waals surface area contributed by atoms with Gasteiger partial charge in [-0.15, -0.1) is 11.6 Å². The number of esters is 1. The number of ether oxygens (including phenoxy) is 2. The molecule has 0 amide bonds. The fourth-order valence-electron chi connectivity index (χ4n) is 2.97. The van der Waals surface area contributed by atoms with Crippen LogP contribution in [-0.4, -0.2) is 30.0 Å². The molecule has 5 heteroatoms. The minimum atomic E-state index is -1.25. The average molecular weight is 313 g/mol. The molecule has 1 aliphatic heterocycles. The highest BCUT2D eigenvalue weighted by atomic mass is 35.5. The van der Waals surface area contributed by atoms with Crippen molar-refractivity contribution in [2.45, 2.75) is 51.2 Å². The summed E-state index contributed by atoms with van der Waals surface area (Å²) in [4.78, 5) is 24.5. The van der Waals surface area contributed by atoms with Gasteiger partial charge < -0.3 is 9.47 Å². The van der Waals surface area contributed by atoms with E-state index in [1.165, 1.54) is 7.11 Å². The Morgan fingerprint density at radius 2 is 2.05 bits per heavy atom. The molecular formula is C16H21ClO4. The van der Waals surface area contributed by atoms with E-state index in [2.05, 4.69) is 6.08 Å². The second-order valence-corrected chi connectivity index (χ2v) is 6.29. The lowest BCUT2D eigenvalue weighted by Gasteiger charge is -2.32. The van der Waals surface area contributed by atoms with Crippen molar-refractivity contribution in [1.29, 1.82) is 0 Å². The van der Waals surface area contributed by atoms with Crippen LogP contribution >= 0.6 is 11.6 Å². The third kappa shape index (κ3) is 2.79. The number of fused-ring (bicyclic) bond motifs is 1. The third-order valence-corrected chi connectivity index (χ3v) is 4.73. The number of rotatable bonds is 1. The van der Waals surface area contributed by atoms with E-state index < -0.39 is 17.1 Å². The van der Waals surface area contributed by atoms with Gasteiger partial charge in [0.2, 0.25) is 5.79 Å². The van der Waals surface area contributed by atoms with E-state index in [0.717, 1.165) is 18.4 Å². The van der Waals surface area contributed by atoms with Crippen molar-refractivity contribution in [2.75, 3.05) is 7.11 Å². The molecule has 0 fully saturated rings. The molecule has 0 aromatic carbocycles. The largest absolute Gasteiger partial charge is 0.425 e. The van der Waals surface area contributed by atoms with Crippen molar-refractivity contribution in [3.05, 3.63) is 22.8 Å². The van der Waals surface area contributed by atoms with Gasteiger partial charge in [-0.25, -0.2) is 4.79 Å². The van der Waals surface area contributed by atoms with Crippen LogP contribution in [0.1, 0.15) is 40.0 Å². The Hall–Kier alpha value is -1.13. The summed E-state index contributed by atoms with van der Waals surface area (Å²) in [6.45, 7) is 5.47. The van der Waals surface area contributed by atoms with E-state index in [4.69, 9.17) is 21.1 Å². The van der Waals surface area contributed by atoms with Crippen LogP contribution < -0.4 is 0 Å². The molecule has 0 unspecified atom stereocenters. The van der Waals surface area contributed by atoms with Gasteiger partial charge >= 0.3 is 5.97 Å². The molecule has 2 rings (SSSR count). The van der Waals surface area contributed by atoms with Crippen LogP contribution in [-0.2, 0) is 19.1 Å². The lowest BCUT2D eigenvalue weighted by atomic mass is 9.86. The van der Waals surface area contributed by atoms with Gasteiger partial charge in [-0.3, -0.25) is 4.79 Å². The highest BCUT2D eigenvalue weighted by molar-refractivity contribution is 6.34. The molecular weight excluding hydrogens is 292 g/mol. The van der Waals surface area contributed by atoms with Crippen molar-refractivity contribution >= 4 is 23.4 Å². The average Bonchev–Trinajstić information content (AvgIpc) is 2.68. The highest BCUT2D eigenvalue weighted by Crippen LogP contribution is 2.43. The van der Waals surface area contributed by atoms with Crippen LogP contribution in [0.4, 0.5) is 0 Å². The Morgan fingerprint density at radius 1 is 1.38 bits per heavy atom. The van der Waals surface area contributed by atoms with E-state index in [1.54, 1.807) is 6.92 Å². The number of Topliss-reactive ketones (excluding diaryl/α,β-unsaturated/α-hetero) is 1. The number of halogens is 1. The lowest BCUT2D eigenvalue weighted by Crippen LogP contribution is -2.41. The molecule has 0 radical (unpaired) electrons. The summed E-state index contributed by atoms with van der Waals surface area (Å²) in [5, 5.41) is -0.891. The Kier molecular flexibility index (Phi) is 4.59. The smallest absolute Gasteiger partial charge is 0.336 e. The van der Waals surface area contributed by atoms with Crippen LogP contribution in [0.5, 0.6) is 0 Å². The number of carbonyl (C=O) groups is 2. The van der Waals surface area contributed by atoms with E-state index in [-0.39, 0.29) is 11.7 Å². The highest BCUT2D eigenvalue weighted by Gasteiger charge is 2.51. The van der Waals surface area contributed by atoms with Gasteiger partial charge in [0.25, 0.3) is 0 Å². The van der Waals surface area contributed by atoms with Crippen molar-refractivity contribution in [1.82, 2.24) is 0 Å². The van der Waals surface area contributed by atoms with Crippen molar-refractivity contribution < 1.29 is 19.1 Å². The summed E-state index contributed by atoms with van der Waals surface area (Å²) in [6, 6.07) is 0. The van der Waals surface area contributed by atoms with Gasteiger partial charge in [0.05, 0.1) is 0 Å². The topological polar surface area (TPSA) is 52.6 Å². The first-order chi connectivity index (χ1) is 9.82. The predicted octanol–water partition coefficient (Wildman–Crippen LogP) is 3.15. The van der Waals surface area contributed by atoms with E-state index in [0.29, 0.717) is 17.6 Å². The molecule has 3 atom stereocenters. The fraction of sp³-hybridized carbons (Fsp3) is 0.625. The lowest BCUT2D eigenvalue weighted by molar-refractivity contribution is -0.192. The van der Waals surface area contributed by atoms with Crippen LogP contribution in [0.25, 0.3) is 0 Å². The molecule has 4 nitrogen and oxygen atoms in total. The summed E-state index contributed by atoms with van der Waals surface area (Å²) in [5.74, 6) is -1.97. The molecule has 0 aromatic heterocycles. The standard InChI is InChI=1S/C16H21ClO4/c1-9-6-5-7-10(2)14(18)13(17)12-11(3)15(19)21-16(12,8-9)20-4/h6,10,13H,5,7-8H2,1-4H3/b9-6+/t10-,13-,16-/m0/s1. The predicted molar refractivity (Wildman–Crippen MR) is 80.0 cm³/mol. The number of ketones is 1. The molecule has 116 valence electrons. The normalized spacial score (nSPS) is 36.9. The van der Waals surface area contributed by atoms with Gasteiger partial charge in [-0.2, -0.15) is 0 Å². The zero-order valence-electron chi connectivity index (χ0n) is 12.9. The minimum Gasteiger partial charge on any atom is -0.425 e. The summed E-state index contributed by atoms with van der Waals surface area (Å²) in [7, 11) is 1.47. The molecule has 0 N–H and O–H groups in total. The first kappa shape index (κ1) is 16.2. The number of allylic oxidation sites excluding steroid dienone is 1. The maximum atomic E-state index is 12.5. The van der Waals surface area contributed by atoms with Crippen molar-refractivity contribution in [2.24, 2.45) is 5.92 Å². The number of hydrogen-bond acceptors (Lipinski definition) is 4. The Bertz CT molecular complexity index is 534. The third-order valence-electron chi connectivity index (χ3n) is 4.30. The second kappa shape index (κ2) is 5.93. The Labute approximate surface area is 130 Å². The molecule has 21 heavy (non-hydrogen) atoms. The van der Waals surface area contributed by atoms with Crippen molar-refractivity contribution in [3.63, 3.8) is 0 Å². The van der Waals surface area contributed by atoms with Gasteiger partial charge in [0, 0.05) is 30.6 Å². The van der Waals surface area contributed by atoms with E-state index in [1.807, 2.05) is 13.8 Å². The zero-order chi connectivity index (χ0) is 15.8. The van der Waals surface area contributed by atoms with Gasteiger partial charge in [-0.1, -0.05) is 18.6 Å². The minimum absolute atomic E-state index is 0.0845. The molecule has 0 bridgehead atoms. The Balaban J connectivity index is 2.57. The number of alkyl halides is 1. The monoisotopic (exact) mass is 312 g/mol. The van der Waals surface area contributed by atoms with E-state index >= 15 is 0 Å². The number of methoxy groups -OCH3 is 1. The van der Waals surface area contributed by atoms with Crippen molar-refractivity contribution in [3.8, 4) is 0 Å². The van der Waals surface area contributed by atoms with Gasteiger partial charge in [0.1, 0.15) is 5.38 Å². The summed E-state index contributed by atoms with van der Waals surface area (Å²) < 4.78 is 11.0. The summed E-state index contributed by atoms with van der Waals surface area (Å²) in [6.07, 6.45) is 4.01. The number of carbonyl (C=O) groups excluding carboxylic acids is 2. The molecule has 0 aromatic rings. The molecule has 1 aliphatic carbocycles. The van der Waals surface area contributed by atoms with Crippen LogP contribution in [0, 0.1) is 5.92 Å². The SMILES string of the molecule is CO[C@]12C/C(C)=C/CC[C@H](C)C(=O)[C@@H](Cl)C1=C(C)C(=O)O2. The maximum Gasteiger partial charge on any atom is 0.336 e. The summed E-state index contributed by atoms with van der Waals surface area (Å²) >= 11 is 6.40. The molecule has 1 heterocycles. The molecule has 0 saturated heterocycles. The fourth-order valence-corrected chi connectivity index (χ4v) is 3.51. The van der Waals surface area contributed by atoms with Gasteiger partial charge in [-0.05, 0) is 26.7 Å². The first-order valence-corrected chi connectivity index (χ1v) is 7.59. The van der Waals surface area contributed by atoms with Crippen LogP contribution in [0.3, 0.4) is 0 Å². The zero-order valence-corrected chi connectivity index (χ0v) is 13.6. The Morgan fingerprint density at radius 3 is 2.67 bits per heavy atom. The molecule has 0 saturated carbocycles.